The van der Waals surface area contributed by atoms with E-state index >= 15 is 0 Å². The van der Waals surface area contributed by atoms with Crippen molar-refractivity contribution in [2.75, 3.05) is 25.4 Å². The second-order valence-corrected chi connectivity index (χ2v) is 3.21. The van der Waals surface area contributed by atoms with Crippen LogP contribution in [0.4, 0.5) is 4.79 Å². The first-order valence-electron chi connectivity index (χ1n) is 3.62. The molecule has 1 aliphatic heterocycles. The Balaban J connectivity index is 1.98. The first-order chi connectivity index (χ1) is 5.79. The van der Waals surface area contributed by atoms with E-state index in [1.165, 1.54) is 0 Å². The van der Waals surface area contributed by atoms with E-state index in [0.717, 1.165) is 17.5 Å². The molecule has 0 aromatic carbocycles. The number of rotatable bonds is 3. The van der Waals surface area contributed by atoms with E-state index in [-0.39, 0.29) is 6.61 Å². The lowest BCUT2D eigenvalue weighted by Gasteiger charge is -2.03. The molecular formula is C6H11N3O2S. The number of nitrogens with one attached hydrogen (secondary N) is 1. The number of aliphatic imine (C=N–C) groups is 1. The highest BCUT2D eigenvalue weighted by Crippen LogP contribution is 2.08. The number of nitrogens with zero attached hydrogens (tertiary/aromatic N) is 1. The zero-order valence-corrected chi connectivity index (χ0v) is 7.39. The van der Waals surface area contributed by atoms with Crippen molar-refractivity contribution in [1.29, 1.82) is 0 Å². The number of carbonyl (C=O) groups excluding carboxylic acids is 1. The summed E-state index contributed by atoms with van der Waals surface area (Å²) in [5.41, 5.74) is 4.76. The van der Waals surface area contributed by atoms with E-state index in [1.54, 1.807) is 11.8 Å². The minimum atomic E-state index is -0.738. The highest BCUT2D eigenvalue weighted by molar-refractivity contribution is 8.14. The fraction of sp³-hybridized carbons (Fsp3) is 0.667. The Kier molecular flexibility index (Phi) is 3.72. The lowest BCUT2D eigenvalue weighted by molar-refractivity contribution is 0.159. The van der Waals surface area contributed by atoms with Crippen molar-refractivity contribution in [3.05, 3.63) is 0 Å². The average molecular weight is 189 g/mol. The largest absolute Gasteiger partial charge is 0.448 e. The number of ether oxygens (including phenoxy) is 1. The van der Waals surface area contributed by atoms with Crippen LogP contribution in [0, 0.1) is 0 Å². The monoisotopic (exact) mass is 189 g/mol. The molecule has 0 fully saturated rings. The van der Waals surface area contributed by atoms with Crippen LogP contribution in [-0.4, -0.2) is 36.7 Å². The molecule has 0 unspecified atom stereocenters. The Morgan fingerprint density at radius 3 is 3.25 bits per heavy atom. The summed E-state index contributed by atoms with van der Waals surface area (Å²) in [5.74, 6) is 1.03. The van der Waals surface area contributed by atoms with Crippen molar-refractivity contribution in [1.82, 2.24) is 5.32 Å². The molecule has 0 aromatic rings. The summed E-state index contributed by atoms with van der Waals surface area (Å²) in [4.78, 5) is 14.3. The van der Waals surface area contributed by atoms with E-state index < -0.39 is 6.09 Å². The molecule has 0 saturated heterocycles. The first kappa shape index (κ1) is 9.18. The van der Waals surface area contributed by atoms with Gasteiger partial charge in [-0.2, -0.15) is 0 Å². The molecule has 1 rings (SSSR count). The quantitative estimate of drug-likeness (QED) is 0.601. The zero-order valence-electron chi connectivity index (χ0n) is 6.58. The number of hydrogen-bond acceptors (Lipinski definition) is 5. The third kappa shape index (κ3) is 3.47. The van der Waals surface area contributed by atoms with Gasteiger partial charge in [-0.15, -0.1) is 0 Å². The van der Waals surface area contributed by atoms with Gasteiger partial charge in [-0.3, -0.25) is 4.99 Å². The van der Waals surface area contributed by atoms with E-state index in [2.05, 4.69) is 15.0 Å². The van der Waals surface area contributed by atoms with E-state index in [1.807, 2.05) is 0 Å². The van der Waals surface area contributed by atoms with Crippen LogP contribution in [0.3, 0.4) is 0 Å². The number of carbonyl (C=O) groups is 1. The Hall–Kier alpha value is -0.910. The number of hydrogen-bond donors (Lipinski definition) is 2. The van der Waals surface area contributed by atoms with Gasteiger partial charge in [-0.1, -0.05) is 11.8 Å². The van der Waals surface area contributed by atoms with Gasteiger partial charge < -0.3 is 15.8 Å². The highest BCUT2D eigenvalue weighted by Gasteiger charge is 2.05. The molecule has 0 aromatic heterocycles. The number of thioether (sulfide) groups is 1. The first-order valence-corrected chi connectivity index (χ1v) is 4.61. The predicted octanol–water partition coefficient (Wildman–Crippen LogP) is -0.226. The van der Waals surface area contributed by atoms with Crippen LogP contribution in [0.15, 0.2) is 4.99 Å². The van der Waals surface area contributed by atoms with Gasteiger partial charge in [-0.05, 0) is 0 Å². The van der Waals surface area contributed by atoms with E-state index in [9.17, 15) is 4.79 Å². The van der Waals surface area contributed by atoms with Crippen molar-refractivity contribution < 1.29 is 9.53 Å². The van der Waals surface area contributed by atoms with Gasteiger partial charge in [0.05, 0.1) is 13.1 Å². The summed E-state index contributed by atoms with van der Waals surface area (Å²) in [5, 5.41) is 3.94. The molecule has 0 spiro atoms. The minimum Gasteiger partial charge on any atom is -0.448 e. The maximum Gasteiger partial charge on any atom is 0.404 e. The highest BCUT2D eigenvalue weighted by atomic mass is 32.2. The molecule has 68 valence electrons. The van der Waals surface area contributed by atoms with Crippen LogP contribution in [0.5, 0.6) is 0 Å². The van der Waals surface area contributed by atoms with Gasteiger partial charge in [-0.25, -0.2) is 4.79 Å². The SMILES string of the molecule is NC(=O)OCCNC1=NCCS1. The number of nitrogens with two attached hydrogens (primary N) is 1. The smallest absolute Gasteiger partial charge is 0.404 e. The number of amidine groups is 1. The molecule has 1 amide bonds. The molecule has 0 saturated carbocycles. The van der Waals surface area contributed by atoms with Gasteiger partial charge in [0.25, 0.3) is 0 Å². The molecule has 6 heteroatoms. The van der Waals surface area contributed by atoms with E-state index in [0.29, 0.717) is 6.54 Å². The Morgan fingerprint density at radius 1 is 1.83 bits per heavy atom. The lowest BCUT2D eigenvalue weighted by atomic mass is 10.7. The molecular weight excluding hydrogens is 178 g/mol. The summed E-state index contributed by atoms with van der Waals surface area (Å²) >= 11 is 1.67. The van der Waals surface area contributed by atoms with Crippen molar-refractivity contribution >= 4 is 23.0 Å². The molecule has 12 heavy (non-hydrogen) atoms. The lowest BCUT2D eigenvalue weighted by Crippen LogP contribution is -2.26. The average Bonchev–Trinajstić information content (AvgIpc) is 2.49. The zero-order chi connectivity index (χ0) is 8.81. The molecule has 0 radical (unpaired) electrons. The molecule has 0 atom stereocenters. The summed E-state index contributed by atoms with van der Waals surface area (Å²) in [6.45, 7) is 1.72. The molecule has 1 heterocycles. The molecule has 0 bridgehead atoms. The molecule has 0 aliphatic carbocycles. The van der Waals surface area contributed by atoms with Gasteiger partial charge in [0.15, 0.2) is 5.17 Å². The summed E-state index contributed by atoms with van der Waals surface area (Å²) in [6.07, 6.45) is -0.738. The molecule has 3 N–H and O–H groups in total. The van der Waals surface area contributed by atoms with Crippen molar-refractivity contribution in [2.45, 2.75) is 0 Å². The molecule has 1 aliphatic rings. The van der Waals surface area contributed by atoms with Gasteiger partial charge in [0, 0.05) is 5.75 Å². The Bertz CT molecular complexity index is 195. The van der Waals surface area contributed by atoms with Crippen molar-refractivity contribution in [3.8, 4) is 0 Å². The summed E-state index contributed by atoms with van der Waals surface area (Å²) in [6, 6.07) is 0. The van der Waals surface area contributed by atoms with Crippen LogP contribution >= 0.6 is 11.8 Å². The second-order valence-electron chi connectivity index (χ2n) is 2.13. The minimum absolute atomic E-state index is 0.287. The predicted molar refractivity (Wildman–Crippen MR) is 48.3 cm³/mol. The van der Waals surface area contributed by atoms with E-state index in [4.69, 9.17) is 5.73 Å². The Morgan fingerprint density at radius 2 is 2.67 bits per heavy atom. The maximum absolute atomic E-state index is 10.1. The normalized spacial score (nSPS) is 15.5. The van der Waals surface area contributed by atoms with Crippen LogP contribution in [0.2, 0.25) is 0 Å². The van der Waals surface area contributed by atoms with Crippen LogP contribution in [0.1, 0.15) is 0 Å². The fourth-order valence-corrected chi connectivity index (χ4v) is 1.51. The summed E-state index contributed by atoms with van der Waals surface area (Å²) < 4.78 is 4.51. The second kappa shape index (κ2) is 4.87. The van der Waals surface area contributed by atoms with Crippen molar-refractivity contribution in [3.63, 3.8) is 0 Å². The van der Waals surface area contributed by atoms with Crippen molar-refractivity contribution in [2.24, 2.45) is 10.7 Å². The topological polar surface area (TPSA) is 76.7 Å². The van der Waals surface area contributed by atoms with Crippen LogP contribution < -0.4 is 11.1 Å². The number of primary amides is 1. The fourth-order valence-electron chi connectivity index (χ4n) is 0.752. The van der Waals surface area contributed by atoms with Crippen LogP contribution in [-0.2, 0) is 4.74 Å². The summed E-state index contributed by atoms with van der Waals surface area (Å²) in [7, 11) is 0. The molecule has 5 nitrogen and oxygen atoms in total. The van der Waals surface area contributed by atoms with Crippen LogP contribution in [0.25, 0.3) is 0 Å². The van der Waals surface area contributed by atoms with Gasteiger partial charge in [0.2, 0.25) is 0 Å². The maximum atomic E-state index is 10.1. The standard InChI is InChI=1S/C6H11N3O2S/c7-5(10)11-3-1-8-6-9-2-4-12-6/h1-4H2,(H2,7,10)(H,8,9). The Labute approximate surface area is 74.7 Å². The number of amides is 1. The van der Waals surface area contributed by atoms with Gasteiger partial charge >= 0.3 is 6.09 Å². The third-order valence-corrected chi connectivity index (χ3v) is 2.14. The third-order valence-electron chi connectivity index (χ3n) is 1.21. The van der Waals surface area contributed by atoms with Gasteiger partial charge in [0.1, 0.15) is 6.61 Å².